The molecule has 3 atom stereocenters. The second kappa shape index (κ2) is 6.18. The number of carbonyl (C=O) groups excluding carboxylic acids is 2. The molecule has 3 unspecified atom stereocenters. The molecule has 5 heteroatoms. The minimum Gasteiger partial charge on any atom is -0.380 e. The van der Waals surface area contributed by atoms with Crippen LogP contribution in [0.4, 0.5) is 0 Å². The molecular weight excluding hydrogens is 232 g/mol. The highest BCUT2D eigenvalue weighted by molar-refractivity contribution is 5.96. The summed E-state index contributed by atoms with van der Waals surface area (Å²) in [5, 5.41) is 2.69. The van der Waals surface area contributed by atoms with Crippen LogP contribution in [0.25, 0.3) is 0 Å². The molecule has 1 aliphatic heterocycles. The number of rotatable bonds is 5. The number of ether oxygens (including phenoxy) is 1. The van der Waals surface area contributed by atoms with E-state index in [4.69, 9.17) is 4.74 Å². The number of nitrogens with zero attached hydrogens (tertiary/aromatic N) is 1. The molecular formula is C13H24N2O3. The van der Waals surface area contributed by atoms with Crippen molar-refractivity contribution in [3.8, 4) is 0 Å². The van der Waals surface area contributed by atoms with Gasteiger partial charge in [-0.05, 0) is 26.7 Å². The van der Waals surface area contributed by atoms with E-state index in [0.29, 0.717) is 13.2 Å². The lowest BCUT2D eigenvalue weighted by Crippen LogP contribution is -2.65. The Morgan fingerprint density at radius 3 is 2.44 bits per heavy atom. The van der Waals surface area contributed by atoms with Crippen LogP contribution in [0.3, 0.4) is 0 Å². The molecule has 0 aliphatic carbocycles. The summed E-state index contributed by atoms with van der Waals surface area (Å²) in [5.74, 6) is 0.130. The Balaban J connectivity index is 2.91. The first kappa shape index (κ1) is 15.0. The van der Waals surface area contributed by atoms with E-state index in [9.17, 15) is 9.59 Å². The first-order valence-electron chi connectivity index (χ1n) is 6.60. The van der Waals surface area contributed by atoms with Crippen molar-refractivity contribution in [1.29, 1.82) is 0 Å². The van der Waals surface area contributed by atoms with Crippen molar-refractivity contribution < 1.29 is 14.3 Å². The van der Waals surface area contributed by atoms with E-state index in [-0.39, 0.29) is 23.8 Å². The third kappa shape index (κ3) is 3.02. The summed E-state index contributed by atoms with van der Waals surface area (Å²) >= 11 is 0. The van der Waals surface area contributed by atoms with Crippen LogP contribution in [0.2, 0.25) is 0 Å². The van der Waals surface area contributed by atoms with Gasteiger partial charge < -0.3 is 15.0 Å². The van der Waals surface area contributed by atoms with E-state index in [1.54, 1.807) is 18.7 Å². The molecule has 5 nitrogen and oxygen atoms in total. The molecule has 1 heterocycles. The van der Waals surface area contributed by atoms with Gasteiger partial charge in [0.25, 0.3) is 0 Å². The van der Waals surface area contributed by atoms with Crippen LogP contribution in [0, 0.1) is 5.92 Å². The molecule has 1 saturated heterocycles. The molecule has 2 amide bonds. The third-order valence-corrected chi connectivity index (χ3v) is 3.40. The van der Waals surface area contributed by atoms with Gasteiger partial charge in [-0.1, -0.05) is 13.8 Å². The van der Waals surface area contributed by atoms with E-state index >= 15 is 0 Å². The zero-order valence-corrected chi connectivity index (χ0v) is 11.9. The van der Waals surface area contributed by atoms with Crippen LogP contribution in [0.1, 0.15) is 34.6 Å². The standard InChI is InChI=1S/C13H24N2O3/c1-6-18-7-11(8(2)3)15-10(5)12(16)14-9(4)13(15)17/h8-11H,6-7H2,1-5H3,(H,14,16). The van der Waals surface area contributed by atoms with Gasteiger partial charge in [-0.3, -0.25) is 9.59 Å². The van der Waals surface area contributed by atoms with Gasteiger partial charge in [0.1, 0.15) is 12.1 Å². The summed E-state index contributed by atoms with van der Waals surface area (Å²) in [6.07, 6.45) is 0. The Hall–Kier alpha value is -1.10. The average Bonchev–Trinajstić information content (AvgIpc) is 2.30. The van der Waals surface area contributed by atoms with Gasteiger partial charge in [0.2, 0.25) is 11.8 Å². The van der Waals surface area contributed by atoms with E-state index in [1.165, 1.54) is 0 Å². The Labute approximate surface area is 109 Å². The first-order valence-corrected chi connectivity index (χ1v) is 6.60. The molecule has 0 saturated carbocycles. The number of piperazine rings is 1. The minimum atomic E-state index is -0.448. The maximum atomic E-state index is 12.2. The molecule has 1 rings (SSSR count). The molecule has 0 radical (unpaired) electrons. The SMILES string of the molecule is CCOCC(C(C)C)N1C(=O)C(C)NC(=O)C1C. The molecule has 0 bridgehead atoms. The fourth-order valence-electron chi connectivity index (χ4n) is 2.22. The van der Waals surface area contributed by atoms with Gasteiger partial charge >= 0.3 is 0 Å². The Morgan fingerprint density at radius 2 is 1.94 bits per heavy atom. The lowest BCUT2D eigenvalue weighted by molar-refractivity contribution is -0.153. The predicted octanol–water partition coefficient (Wildman–Crippen LogP) is 0.783. The molecule has 0 aromatic carbocycles. The molecule has 1 aliphatic rings. The number of carbonyl (C=O) groups is 2. The fraction of sp³-hybridized carbons (Fsp3) is 0.846. The average molecular weight is 256 g/mol. The van der Waals surface area contributed by atoms with Gasteiger partial charge in [-0.15, -0.1) is 0 Å². The van der Waals surface area contributed by atoms with Crippen LogP contribution in [-0.2, 0) is 14.3 Å². The summed E-state index contributed by atoms with van der Waals surface area (Å²) in [6, 6.07) is -0.931. The summed E-state index contributed by atoms with van der Waals surface area (Å²) in [7, 11) is 0. The van der Waals surface area contributed by atoms with Crippen molar-refractivity contribution in [1.82, 2.24) is 10.2 Å². The van der Waals surface area contributed by atoms with Crippen molar-refractivity contribution in [3.05, 3.63) is 0 Å². The fourth-order valence-corrected chi connectivity index (χ4v) is 2.22. The lowest BCUT2D eigenvalue weighted by atomic mass is 9.98. The summed E-state index contributed by atoms with van der Waals surface area (Å²) in [6.45, 7) is 10.6. The second-order valence-electron chi connectivity index (χ2n) is 5.12. The highest BCUT2D eigenvalue weighted by atomic mass is 16.5. The molecule has 0 spiro atoms. The van der Waals surface area contributed by atoms with Gasteiger partial charge in [-0.25, -0.2) is 0 Å². The Bertz CT molecular complexity index is 317. The highest BCUT2D eigenvalue weighted by Gasteiger charge is 2.40. The number of hydrogen-bond acceptors (Lipinski definition) is 3. The Kier molecular flexibility index (Phi) is 5.14. The highest BCUT2D eigenvalue weighted by Crippen LogP contribution is 2.19. The normalized spacial score (nSPS) is 26.4. The monoisotopic (exact) mass is 256 g/mol. The molecule has 18 heavy (non-hydrogen) atoms. The zero-order chi connectivity index (χ0) is 13.9. The Morgan fingerprint density at radius 1 is 1.33 bits per heavy atom. The second-order valence-corrected chi connectivity index (χ2v) is 5.12. The van der Waals surface area contributed by atoms with Gasteiger partial charge in [0.05, 0.1) is 12.6 Å². The van der Waals surface area contributed by atoms with Gasteiger partial charge in [0, 0.05) is 6.61 Å². The first-order chi connectivity index (χ1) is 8.40. The van der Waals surface area contributed by atoms with Crippen LogP contribution in [-0.4, -0.2) is 48.1 Å². The van der Waals surface area contributed by atoms with E-state index in [2.05, 4.69) is 5.32 Å². The zero-order valence-electron chi connectivity index (χ0n) is 11.9. The van der Waals surface area contributed by atoms with Gasteiger partial charge in [-0.2, -0.15) is 0 Å². The van der Waals surface area contributed by atoms with Crippen LogP contribution < -0.4 is 5.32 Å². The minimum absolute atomic E-state index is 0.0273. The maximum Gasteiger partial charge on any atom is 0.245 e. The van der Waals surface area contributed by atoms with Crippen molar-refractivity contribution >= 4 is 11.8 Å². The van der Waals surface area contributed by atoms with E-state index in [0.717, 1.165) is 0 Å². The molecule has 1 fully saturated rings. The topological polar surface area (TPSA) is 58.6 Å². The van der Waals surface area contributed by atoms with E-state index < -0.39 is 12.1 Å². The van der Waals surface area contributed by atoms with Crippen molar-refractivity contribution in [2.24, 2.45) is 5.92 Å². The smallest absolute Gasteiger partial charge is 0.245 e. The van der Waals surface area contributed by atoms with Crippen LogP contribution in [0.5, 0.6) is 0 Å². The van der Waals surface area contributed by atoms with Crippen LogP contribution >= 0.6 is 0 Å². The van der Waals surface area contributed by atoms with Crippen LogP contribution in [0.15, 0.2) is 0 Å². The molecule has 0 aromatic heterocycles. The van der Waals surface area contributed by atoms with Gasteiger partial charge in [0.15, 0.2) is 0 Å². The quantitative estimate of drug-likeness (QED) is 0.791. The maximum absolute atomic E-state index is 12.2. The predicted molar refractivity (Wildman–Crippen MR) is 69.0 cm³/mol. The molecule has 1 N–H and O–H groups in total. The van der Waals surface area contributed by atoms with Crippen molar-refractivity contribution in [3.63, 3.8) is 0 Å². The number of amides is 2. The third-order valence-electron chi connectivity index (χ3n) is 3.40. The van der Waals surface area contributed by atoms with E-state index in [1.807, 2.05) is 20.8 Å². The number of hydrogen-bond donors (Lipinski definition) is 1. The molecule has 104 valence electrons. The lowest BCUT2D eigenvalue weighted by Gasteiger charge is -2.42. The summed E-state index contributed by atoms with van der Waals surface area (Å²) < 4.78 is 5.45. The van der Waals surface area contributed by atoms with Crippen molar-refractivity contribution in [2.75, 3.05) is 13.2 Å². The summed E-state index contributed by atoms with van der Waals surface area (Å²) in [5.41, 5.74) is 0. The molecule has 0 aromatic rings. The number of nitrogens with one attached hydrogen (secondary N) is 1. The largest absolute Gasteiger partial charge is 0.380 e. The van der Waals surface area contributed by atoms with Crippen molar-refractivity contribution in [2.45, 2.75) is 52.7 Å². The summed E-state index contributed by atoms with van der Waals surface area (Å²) in [4.78, 5) is 25.7.